The van der Waals surface area contributed by atoms with Gasteiger partial charge in [0, 0.05) is 29.6 Å². The van der Waals surface area contributed by atoms with E-state index in [1.807, 2.05) is 23.5 Å². The van der Waals surface area contributed by atoms with Crippen LogP contribution in [0.3, 0.4) is 0 Å². The summed E-state index contributed by atoms with van der Waals surface area (Å²) in [5.74, 6) is 5.59. The molecule has 0 atom stereocenters. The highest BCUT2D eigenvalue weighted by atomic mass is 32.1. The van der Waals surface area contributed by atoms with Crippen LogP contribution in [-0.4, -0.2) is 22.7 Å². The van der Waals surface area contributed by atoms with Crippen molar-refractivity contribution in [3.05, 3.63) is 57.8 Å². The Kier molecular flexibility index (Phi) is 6.01. The normalized spacial score (nSPS) is 10.7. The van der Waals surface area contributed by atoms with E-state index >= 15 is 0 Å². The van der Waals surface area contributed by atoms with E-state index in [-0.39, 0.29) is 6.61 Å². The molecular formula is C18H21NOS. The third kappa shape index (κ3) is 5.02. The van der Waals surface area contributed by atoms with E-state index < -0.39 is 0 Å². The van der Waals surface area contributed by atoms with Crippen LogP contribution in [0.5, 0.6) is 0 Å². The van der Waals surface area contributed by atoms with E-state index in [9.17, 15) is 0 Å². The molecule has 0 aliphatic carbocycles. The number of benzene rings is 1. The van der Waals surface area contributed by atoms with Gasteiger partial charge in [-0.15, -0.1) is 11.3 Å². The molecule has 0 bridgehead atoms. The number of hydrogen-bond donors (Lipinski definition) is 1. The maximum Gasteiger partial charge on any atom is 0.104 e. The Balaban J connectivity index is 2.03. The predicted octanol–water partition coefficient (Wildman–Crippen LogP) is 3.50. The lowest BCUT2D eigenvalue weighted by Gasteiger charge is -2.26. The molecule has 2 aromatic rings. The number of thiophene rings is 1. The molecule has 1 aromatic carbocycles. The lowest BCUT2D eigenvalue weighted by Crippen LogP contribution is -2.29. The molecule has 1 aromatic heterocycles. The van der Waals surface area contributed by atoms with Crippen LogP contribution >= 0.6 is 11.3 Å². The van der Waals surface area contributed by atoms with Crippen molar-refractivity contribution in [1.29, 1.82) is 0 Å². The molecule has 0 amide bonds. The van der Waals surface area contributed by atoms with Crippen molar-refractivity contribution in [1.82, 2.24) is 4.90 Å². The van der Waals surface area contributed by atoms with Gasteiger partial charge in [-0.2, -0.15) is 0 Å². The molecule has 2 nitrogen and oxygen atoms in total. The molecule has 1 heterocycles. The molecule has 0 radical (unpaired) electrons. The third-order valence-electron chi connectivity index (χ3n) is 3.32. The number of aliphatic hydroxyl groups excluding tert-OH is 1. The number of aliphatic hydroxyl groups is 1. The maximum absolute atomic E-state index is 8.71. The topological polar surface area (TPSA) is 23.5 Å². The quantitative estimate of drug-likeness (QED) is 0.854. The van der Waals surface area contributed by atoms with Gasteiger partial charge in [-0.3, -0.25) is 4.90 Å². The standard InChI is InChI=1S/C18H21NOS/c1-15(2)19(14-18-6-4-12-21-18)13-17-9-7-16(8-10-17)5-3-11-20/h4,6-10,12,15,20H,11,13-14H2,1-2H3. The van der Waals surface area contributed by atoms with E-state index in [0.29, 0.717) is 6.04 Å². The van der Waals surface area contributed by atoms with Gasteiger partial charge < -0.3 is 5.11 Å². The Labute approximate surface area is 131 Å². The zero-order valence-electron chi connectivity index (χ0n) is 12.5. The second-order valence-electron chi connectivity index (χ2n) is 5.23. The van der Waals surface area contributed by atoms with Gasteiger partial charge in [0.25, 0.3) is 0 Å². The highest BCUT2D eigenvalue weighted by molar-refractivity contribution is 7.09. The molecule has 0 aliphatic heterocycles. The molecule has 0 spiro atoms. The highest BCUT2D eigenvalue weighted by Gasteiger charge is 2.11. The summed E-state index contributed by atoms with van der Waals surface area (Å²) in [6.45, 7) is 6.29. The fourth-order valence-electron chi connectivity index (χ4n) is 2.09. The maximum atomic E-state index is 8.71. The summed E-state index contributed by atoms with van der Waals surface area (Å²) in [6, 6.07) is 13.1. The van der Waals surface area contributed by atoms with Crippen LogP contribution in [0, 0.1) is 11.8 Å². The van der Waals surface area contributed by atoms with E-state index in [2.05, 4.69) is 60.2 Å². The molecule has 0 fully saturated rings. The minimum absolute atomic E-state index is 0.0936. The summed E-state index contributed by atoms with van der Waals surface area (Å²) in [6.07, 6.45) is 0. The second kappa shape index (κ2) is 7.99. The van der Waals surface area contributed by atoms with Crippen LogP contribution in [0.1, 0.15) is 29.9 Å². The lowest BCUT2D eigenvalue weighted by atomic mass is 10.1. The Morgan fingerprint density at radius 3 is 2.48 bits per heavy atom. The summed E-state index contributed by atoms with van der Waals surface area (Å²) in [4.78, 5) is 3.86. The average Bonchev–Trinajstić information content (AvgIpc) is 2.99. The van der Waals surface area contributed by atoms with Crippen LogP contribution in [0.15, 0.2) is 41.8 Å². The van der Waals surface area contributed by atoms with E-state index in [1.165, 1.54) is 10.4 Å². The minimum atomic E-state index is -0.0936. The third-order valence-corrected chi connectivity index (χ3v) is 4.18. The Morgan fingerprint density at radius 1 is 1.14 bits per heavy atom. The zero-order chi connectivity index (χ0) is 15.1. The average molecular weight is 299 g/mol. The summed E-state index contributed by atoms with van der Waals surface area (Å²) >= 11 is 1.81. The monoisotopic (exact) mass is 299 g/mol. The number of hydrogen-bond acceptors (Lipinski definition) is 3. The molecule has 21 heavy (non-hydrogen) atoms. The molecular weight excluding hydrogens is 278 g/mol. The molecule has 0 unspecified atom stereocenters. The van der Waals surface area contributed by atoms with Crippen molar-refractivity contribution >= 4 is 11.3 Å². The van der Waals surface area contributed by atoms with Crippen LogP contribution in [-0.2, 0) is 13.1 Å². The summed E-state index contributed by atoms with van der Waals surface area (Å²) in [5.41, 5.74) is 2.23. The Bertz CT molecular complexity index is 590. The first kappa shape index (κ1) is 15.8. The van der Waals surface area contributed by atoms with Crippen LogP contribution in [0.25, 0.3) is 0 Å². The first-order valence-electron chi connectivity index (χ1n) is 7.14. The van der Waals surface area contributed by atoms with Gasteiger partial charge in [0.15, 0.2) is 0 Å². The number of nitrogens with zero attached hydrogens (tertiary/aromatic N) is 1. The predicted molar refractivity (Wildman–Crippen MR) is 89.1 cm³/mol. The van der Waals surface area contributed by atoms with Crippen LogP contribution in [0.2, 0.25) is 0 Å². The zero-order valence-corrected chi connectivity index (χ0v) is 13.4. The summed E-state index contributed by atoms with van der Waals surface area (Å²) < 4.78 is 0. The van der Waals surface area contributed by atoms with Gasteiger partial charge >= 0.3 is 0 Å². The molecule has 0 saturated carbocycles. The first-order chi connectivity index (χ1) is 10.2. The Hall–Kier alpha value is -1.60. The molecule has 0 saturated heterocycles. The van der Waals surface area contributed by atoms with Gasteiger partial charge in [-0.25, -0.2) is 0 Å². The molecule has 1 N–H and O–H groups in total. The van der Waals surface area contributed by atoms with E-state index in [0.717, 1.165) is 18.7 Å². The van der Waals surface area contributed by atoms with Gasteiger partial charge in [0.05, 0.1) is 0 Å². The molecule has 0 aliphatic rings. The lowest BCUT2D eigenvalue weighted by molar-refractivity contribution is 0.205. The van der Waals surface area contributed by atoms with Crippen LogP contribution in [0.4, 0.5) is 0 Å². The SMILES string of the molecule is CC(C)N(Cc1ccc(C#CCO)cc1)Cc1cccs1. The van der Waals surface area contributed by atoms with Crippen molar-refractivity contribution in [2.75, 3.05) is 6.61 Å². The van der Waals surface area contributed by atoms with Gasteiger partial charge in [-0.1, -0.05) is 30.0 Å². The molecule has 110 valence electrons. The van der Waals surface area contributed by atoms with Crippen molar-refractivity contribution in [2.45, 2.75) is 33.0 Å². The first-order valence-corrected chi connectivity index (χ1v) is 8.02. The number of rotatable bonds is 5. The van der Waals surface area contributed by atoms with Crippen LogP contribution < -0.4 is 0 Å². The van der Waals surface area contributed by atoms with E-state index in [1.54, 1.807) is 0 Å². The summed E-state index contributed by atoms with van der Waals surface area (Å²) in [5, 5.41) is 10.8. The van der Waals surface area contributed by atoms with Crippen molar-refractivity contribution in [3.8, 4) is 11.8 Å². The molecule has 3 heteroatoms. The van der Waals surface area contributed by atoms with E-state index in [4.69, 9.17) is 5.11 Å². The fraction of sp³-hybridized carbons (Fsp3) is 0.333. The fourth-order valence-corrected chi connectivity index (χ4v) is 2.82. The van der Waals surface area contributed by atoms with Gasteiger partial charge in [0.2, 0.25) is 0 Å². The van der Waals surface area contributed by atoms with Gasteiger partial charge in [-0.05, 0) is 43.0 Å². The molecule has 2 rings (SSSR count). The van der Waals surface area contributed by atoms with Crippen molar-refractivity contribution in [2.24, 2.45) is 0 Å². The van der Waals surface area contributed by atoms with Crippen molar-refractivity contribution < 1.29 is 5.11 Å². The smallest absolute Gasteiger partial charge is 0.104 e. The minimum Gasteiger partial charge on any atom is -0.384 e. The Morgan fingerprint density at radius 2 is 1.90 bits per heavy atom. The largest absolute Gasteiger partial charge is 0.384 e. The second-order valence-corrected chi connectivity index (χ2v) is 6.27. The highest BCUT2D eigenvalue weighted by Crippen LogP contribution is 2.17. The van der Waals surface area contributed by atoms with Crippen molar-refractivity contribution in [3.63, 3.8) is 0 Å². The summed E-state index contributed by atoms with van der Waals surface area (Å²) in [7, 11) is 0. The van der Waals surface area contributed by atoms with Gasteiger partial charge in [0.1, 0.15) is 6.61 Å².